The fourth-order valence-corrected chi connectivity index (χ4v) is 0.930. The normalized spacial score (nSPS) is 12.0. The van der Waals surface area contributed by atoms with Gasteiger partial charge in [0.1, 0.15) is 18.1 Å². The molecule has 1 rings (SSSR count). The van der Waals surface area contributed by atoms with Crippen LogP contribution in [0, 0.1) is 0 Å². The maximum absolute atomic E-state index is 11.7. The van der Waals surface area contributed by atoms with Crippen LogP contribution in [0.5, 0.6) is 0 Å². The number of hydrogen-bond donors (Lipinski definition) is 2. The molecule has 0 aromatic carbocycles. The summed E-state index contributed by atoms with van der Waals surface area (Å²) in [4.78, 5) is 0. The quantitative estimate of drug-likeness (QED) is 0.788. The van der Waals surface area contributed by atoms with E-state index in [0.29, 0.717) is 11.5 Å². The van der Waals surface area contributed by atoms with Crippen molar-refractivity contribution >= 4 is 0 Å². The molecule has 14 heavy (non-hydrogen) atoms. The molecule has 2 N–H and O–H groups in total. The van der Waals surface area contributed by atoms with E-state index < -0.39 is 12.7 Å². The van der Waals surface area contributed by atoms with Gasteiger partial charge in [0.2, 0.25) is 0 Å². The van der Waals surface area contributed by atoms with Gasteiger partial charge in [-0.25, -0.2) is 0 Å². The molecular formula is C8H10F3NO2. The van der Waals surface area contributed by atoms with Crippen LogP contribution in [0.25, 0.3) is 0 Å². The lowest BCUT2D eigenvalue weighted by molar-refractivity contribution is -0.125. The zero-order valence-electron chi connectivity index (χ0n) is 7.27. The Morgan fingerprint density at radius 3 is 2.43 bits per heavy atom. The Kier molecular flexibility index (Phi) is 3.54. The first-order valence-electron chi connectivity index (χ1n) is 3.97. The molecule has 0 aliphatic rings. The van der Waals surface area contributed by atoms with Crippen LogP contribution in [0.15, 0.2) is 16.5 Å². The van der Waals surface area contributed by atoms with Gasteiger partial charge in [-0.05, 0) is 12.1 Å². The van der Waals surface area contributed by atoms with Crippen molar-refractivity contribution in [3.8, 4) is 0 Å². The average molecular weight is 209 g/mol. The van der Waals surface area contributed by atoms with Gasteiger partial charge in [0.05, 0.1) is 13.1 Å². The molecule has 1 aromatic heterocycles. The van der Waals surface area contributed by atoms with Gasteiger partial charge in [-0.1, -0.05) is 0 Å². The van der Waals surface area contributed by atoms with Gasteiger partial charge in [0, 0.05) is 0 Å². The van der Waals surface area contributed by atoms with Crippen LogP contribution in [0.4, 0.5) is 13.2 Å². The predicted molar refractivity (Wildman–Crippen MR) is 42.4 cm³/mol. The average Bonchev–Trinajstić information content (AvgIpc) is 2.50. The van der Waals surface area contributed by atoms with E-state index in [0.717, 1.165) is 0 Å². The number of halogens is 3. The molecular weight excluding hydrogens is 199 g/mol. The van der Waals surface area contributed by atoms with Crippen molar-refractivity contribution in [1.29, 1.82) is 0 Å². The molecule has 0 amide bonds. The highest BCUT2D eigenvalue weighted by Crippen LogP contribution is 2.13. The Bertz CT molecular complexity index is 282. The summed E-state index contributed by atoms with van der Waals surface area (Å²) in [5.41, 5.74) is 0. The molecule has 3 nitrogen and oxygen atoms in total. The van der Waals surface area contributed by atoms with Crippen LogP contribution in [0.2, 0.25) is 0 Å². The van der Waals surface area contributed by atoms with Gasteiger partial charge in [-0.3, -0.25) is 0 Å². The van der Waals surface area contributed by atoms with E-state index in [4.69, 9.17) is 9.52 Å². The van der Waals surface area contributed by atoms with Crippen molar-refractivity contribution in [2.45, 2.75) is 19.3 Å². The third-order valence-corrected chi connectivity index (χ3v) is 1.50. The lowest BCUT2D eigenvalue weighted by Crippen LogP contribution is -2.28. The summed E-state index contributed by atoms with van der Waals surface area (Å²) >= 11 is 0. The molecule has 0 bridgehead atoms. The molecule has 0 aliphatic heterocycles. The van der Waals surface area contributed by atoms with Crippen molar-refractivity contribution in [3.63, 3.8) is 0 Å². The monoisotopic (exact) mass is 209 g/mol. The van der Waals surface area contributed by atoms with Crippen molar-refractivity contribution in [3.05, 3.63) is 23.7 Å². The second kappa shape index (κ2) is 4.47. The molecule has 0 atom stereocenters. The van der Waals surface area contributed by atoms with E-state index in [1.54, 1.807) is 0 Å². The Morgan fingerprint density at radius 2 is 1.93 bits per heavy atom. The first-order valence-corrected chi connectivity index (χ1v) is 3.97. The molecule has 80 valence electrons. The Balaban J connectivity index is 2.31. The van der Waals surface area contributed by atoms with Gasteiger partial charge in [-0.15, -0.1) is 0 Å². The molecule has 0 saturated carbocycles. The maximum atomic E-state index is 11.7. The lowest BCUT2D eigenvalue weighted by atomic mass is 10.4. The highest BCUT2D eigenvalue weighted by Gasteiger charge is 2.26. The largest absolute Gasteiger partial charge is 0.462 e. The number of nitrogens with one attached hydrogen (secondary N) is 1. The van der Waals surface area contributed by atoms with E-state index >= 15 is 0 Å². The van der Waals surface area contributed by atoms with Gasteiger partial charge < -0.3 is 14.8 Å². The minimum Gasteiger partial charge on any atom is -0.462 e. The summed E-state index contributed by atoms with van der Waals surface area (Å²) in [6, 6.07) is 3.04. The third-order valence-electron chi connectivity index (χ3n) is 1.50. The van der Waals surface area contributed by atoms with Gasteiger partial charge in [0.25, 0.3) is 0 Å². The molecule has 0 saturated heterocycles. The Morgan fingerprint density at radius 1 is 1.29 bits per heavy atom. The molecule has 1 aromatic rings. The van der Waals surface area contributed by atoms with E-state index in [2.05, 4.69) is 5.32 Å². The minimum absolute atomic E-state index is 0.000486. The van der Waals surface area contributed by atoms with Crippen LogP contribution >= 0.6 is 0 Å². The first-order chi connectivity index (χ1) is 6.51. The lowest BCUT2D eigenvalue weighted by Gasteiger charge is -2.06. The fourth-order valence-electron chi connectivity index (χ4n) is 0.930. The summed E-state index contributed by atoms with van der Waals surface area (Å²) in [6.07, 6.45) is -4.22. The van der Waals surface area contributed by atoms with Gasteiger partial charge >= 0.3 is 6.18 Å². The van der Waals surface area contributed by atoms with E-state index in [1.807, 2.05) is 0 Å². The summed E-state index contributed by atoms with van der Waals surface area (Å²) in [5, 5.41) is 10.8. The number of aliphatic hydroxyl groups excluding tert-OH is 1. The van der Waals surface area contributed by atoms with Crippen molar-refractivity contribution in [2.24, 2.45) is 0 Å². The Labute approximate surface area is 78.5 Å². The van der Waals surface area contributed by atoms with Crippen LogP contribution in [0.1, 0.15) is 11.5 Å². The van der Waals surface area contributed by atoms with Crippen LogP contribution < -0.4 is 5.32 Å². The summed E-state index contributed by atoms with van der Waals surface area (Å²) in [7, 11) is 0. The molecule has 0 unspecified atom stereocenters. The maximum Gasteiger partial charge on any atom is 0.401 e. The second-order valence-corrected chi connectivity index (χ2v) is 2.74. The molecule has 0 aliphatic carbocycles. The molecule has 0 spiro atoms. The summed E-state index contributed by atoms with van der Waals surface area (Å²) in [6.45, 7) is -1.30. The topological polar surface area (TPSA) is 45.4 Å². The van der Waals surface area contributed by atoms with Crippen molar-refractivity contribution in [2.75, 3.05) is 6.54 Å². The number of aliphatic hydroxyl groups is 1. The zero-order chi connectivity index (χ0) is 10.6. The van der Waals surface area contributed by atoms with Crippen molar-refractivity contribution < 1.29 is 22.7 Å². The van der Waals surface area contributed by atoms with Crippen LogP contribution in [-0.2, 0) is 13.2 Å². The highest BCUT2D eigenvalue weighted by molar-refractivity contribution is 5.05. The zero-order valence-corrected chi connectivity index (χ0v) is 7.27. The Hall–Kier alpha value is -1.01. The fraction of sp³-hybridized carbons (Fsp3) is 0.500. The number of alkyl halides is 3. The molecule has 0 radical (unpaired) electrons. The van der Waals surface area contributed by atoms with Gasteiger partial charge in [0.15, 0.2) is 0 Å². The second-order valence-electron chi connectivity index (χ2n) is 2.74. The minimum atomic E-state index is -4.22. The SMILES string of the molecule is OCc1ccc(CNCC(F)(F)F)o1. The summed E-state index contributed by atoms with van der Waals surface area (Å²) < 4.78 is 40.1. The molecule has 6 heteroatoms. The number of hydrogen-bond acceptors (Lipinski definition) is 3. The predicted octanol–water partition coefficient (Wildman–Crippen LogP) is 1.42. The van der Waals surface area contributed by atoms with Crippen LogP contribution in [0.3, 0.4) is 0 Å². The van der Waals surface area contributed by atoms with E-state index in [1.165, 1.54) is 12.1 Å². The first kappa shape index (κ1) is 11.1. The smallest absolute Gasteiger partial charge is 0.401 e. The molecule has 1 heterocycles. The number of rotatable bonds is 4. The standard InChI is InChI=1S/C8H10F3NO2/c9-8(10,11)5-12-3-6-1-2-7(4-13)14-6/h1-2,12-13H,3-5H2. The summed E-state index contributed by atoms with van der Waals surface area (Å²) in [5.74, 6) is 0.715. The van der Waals surface area contributed by atoms with Crippen molar-refractivity contribution in [1.82, 2.24) is 5.32 Å². The highest BCUT2D eigenvalue weighted by atomic mass is 19.4. The molecule has 0 fully saturated rings. The van der Waals surface area contributed by atoms with E-state index in [-0.39, 0.29) is 13.2 Å². The third kappa shape index (κ3) is 3.80. The van der Waals surface area contributed by atoms with Crippen LogP contribution in [-0.4, -0.2) is 17.8 Å². The number of furan rings is 1. The van der Waals surface area contributed by atoms with Gasteiger partial charge in [-0.2, -0.15) is 13.2 Å². The van der Waals surface area contributed by atoms with E-state index in [9.17, 15) is 13.2 Å².